The van der Waals surface area contributed by atoms with Crippen LogP contribution in [0, 0.1) is 11.8 Å². The molecule has 6 nitrogen and oxygen atoms in total. The van der Waals surface area contributed by atoms with Crippen molar-refractivity contribution in [2.45, 2.75) is 51.5 Å². The van der Waals surface area contributed by atoms with Gasteiger partial charge in [0.25, 0.3) is 5.91 Å². The van der Waals surface area contributed by atoms with Gasteiger partial charge in [0.1, 0.15) is 0 Å². The van der Waals surface area contributed by atoms with Gasteiger partial charge in [0.2, 0.25) is 11.8 Å². The Morgan fingerprint density at radius 2 is 2.03 bits per heavy atom. The van der Waals surface area contributed by atoms with Crippen molar-refractivity contribution in [3.63, 3.8) is 0 Å². The van der Waals surface area contributed by atoms with Crippen LogP contribution in [0.3, 0.4) is 0 Å². The van der Waals surface area contributed by atoms with Crippen molar-refractivity contribution in [2.75, 3.05) is 19.6 Å². The van der Waals surface area contributed by atoms with Crippen molar-refractivity contribution in [2.24, 2.45) is 11.8 Å². The lowest BCUT2D eigenvalue weighted by atomic mass is 9.89. The van der Waals surface area contributed by atoms with E-state index in [0.717, 1.165) is 55.4 Å². The number of nitrogens with zero attached hydrogens (tertiary/aromatic N) is 1. The third-order valence-corrected chi connectivity index (χ3v) is 7.60. The average molecular weight is 442 g/mol. The zero-order valence-electron chi connectivity index (χ0n) is 18.1. The van der Waals surface area contributed by atoms with E-state index in [0.29, 0.717) is 24.3 Å². The van der Waals surface area contributed by atoms with E-state index in [1.807, 2.05) is 28.5 Å². The Hall–Kier alpha value is -2.41. The lowest BCUT2D eigenvalue weighted by Crippen LogP contribution is -2.45. The predicted octanol–water partition coefficient (Wildman–Crippen LogP) is 3.56. The summed E-state index contributed by atoms with van der Waals surface area (Å²) < 4.78 is 1.12. The molecule has 0 saturated carbocycles. The molecule has 1 unspecified atom stereocenters. The third-order valence-electron chi connectivity index (χ3n) is 6.73. The Balaban J connectivity index is 1.25. The molecule has 0 bridgehead atoms. The van der Waals surface area contributed by atoms with Gasteiger partial charge in [-0.25, -0.2) is 0 Å². The first kappa shape index (κ1) is 21.8. The molecule has 166 valence electrons. The minimum atomic E-state index is -0.0343. The van der Waals surface area contributed by atoms with Crippen LogP contribution in [0.2, 0.25) is 0 Å². The Kier molecular flexibility index (Phi) is 6.90. The molecule has 2 N–H and O–H groups in total. The molecule has 3 amide bonds. The maximum atomic E-state index is 12.7. The van der Waals surface area contributed by atoms with Crippen molar-refractivity contribution in [3.8, 4) is 0 Å². The van der Waals surface area contributed by atoms with Crippen LogP contribution in [-0.2, 0) is 9.59 Å². The molecule has 31 heavy (non-hydrogen) atoms. The number of amides is 3. The molecular formula is C24H31N3O3S. The normalized spacial score (nSPS) is 21.4. The van der Waals surface area contributed by atoms with E-state index in [2.05, 4.69) is 23.6 Å². The van der Waals surface area contributed by atoms with Crippen LogP contribution >= 0.6 is 11.3 Å². The van der Waals surface area contributed by atoms with Crippen LogP contribution in [0.5, 0.6) is 0 Å². The van der Waals surface area contributed by atoms with Crippen LogP contribution in [0.4, 0.5) is 0 Å². The van der Waals surface area contributed by atoms with E-state index in [9.17, 15) is 14.4 Å². The lowest BCUT2D eigenvalue weighted by molar-refractivity contribution is -0.134. The number of hydrogen-bond donors (Lipinski definition) is 2. The first-order valence-corrected chi connectivity index (χ1v) is 12.2. The predicted molar refractivity (Wildman–Crippen MR) is 123 cm³/mol. The Labute approximate surface area is 187 Å². The number of carbonyl (C=O) groups excluding carboxylic acids is 3. The maximum Gasteiger partial charge on any atom is 0.251 e. The van der Waals surface area contributed by atoms with Crippen molar-refractivity contribution in [3.05, 3.63) is 35.2 Å². The highest BCUT2D eigenvalue weighted by atomic mass is 32.1. The Bertz CT molecular complexity index is 948. The molecule has 2 aliphatic rings. The summed E-state index contributed by atoms with van der Waals surface area (Å²) in [5, 5.41) is 9.24. The third kappa shape index (κ3) is 5.45. The molecule has 0 aliphatic carbocycles. The standard InChI is InChI=1S/C24H31N3O3S/c1-16(26-24(30)20-5-4-19-8-12-31-21(19)15-20)18-6-10-27(11-7-18)23(29)14-17-3-2-9-25-22(28)13-17/h4-5,8,12,15-18H,2-3,6-7,9-11,13-14H2,1H3,(H,25,28)(H,26,30)/t16-,17?/m1/s1. The summed E-state index contributed by atoms with van der Waals surface area (Å²) in [6.45, 7) is 4.24. The fourth-order valence-electron chi connectivity index (χ4n) is 4.76. The van der Waals surface area contributed by atoms with Gasteiger partial charge in [-0.15, -0.1) is 11.3 Å². The van der Waals surface area contributed by atoms with Crippen molar-refractivity contribution in [1.29, 1.82) is 0 Å². The highest BCUT2D eigenvalue weighted by molar-refractivity contribution is 7.17. The zero-order chi connectivity index (χ0) is 21.8. The molecule has 2 atom stereocenters. The smallest absolute Gasteiger partial charge is 0.251 e. The quantitative estimate of drug-likeness (QED) is 0.745. The molecule has 2 fully saturated rings. The second-order valence-corrected chi connectivity index (χ2v) is 9.87. The van der Waals surface area contributed by atoms with Gasteiger partial charge in [-0.3, -0.25) is 14.4 Å². The van der Waals surface area contributed by atoms with Crippen LogP contribution in [0.15, 0.2) is 29.6 Å². The van der Waals surface area contributed by atoms with Crippen LogP contribution in [0.25, 0.3) is 10.1 Å². The van der Waals surface area contributed by atoms with Gasteiger partial charge in [0.05, 0.1) is 0 Å². The van der Waals surface area contributed by atoms with Crippen LogP contribution in [-0.4, -0.2) is 48.3 Å². The summed E-state index contributed by atoms with van der Waals surface area (Å²) in [7, 11) is 0. The summed E-state index contributed by atoms with van der Waals surface area (Å²) in [4.78, 5) is 39.1. The first-order chi connectivity index (χ1) is 15.0. The van der Waals surface area contributed by atoms with Gasteiger partial charge in [0.15, 0.2) is 0 Å². The SMILES string of the molecule is C[C@@H](NC(=O)c1ccc2ccsc2c1)C1CCN(C(=O)CC2CCCNC(=O)C2)CC1. The second kappa shape index (κ2) is 9.81. The fraction of sp³-hybridized carbons (Fsp3) is 0.542. The summed E-state index contributed by atoms with van der Waals surface area (Å²) in [5.74, 6) is 0.720. The maximum absolute atomic E-state index is 12.7. The van der Waals surface area contributed by atoms with Gasteiger partial charge >= 0.3 is 0 Å². The van der Waals surface area contributed by atoms with Crippen LogP contribution < -0.4 is 10.6 Å². The molecule has 0 spiro atoms. The van der Waals surface area contributed by atoms with Gasteiger partial charge in [-0.1, -0.05) is 6.07 Å². The molecular weight excluding hydrogens is 410 g/mol. The van der Waals surface area contributed by atoms with Gasteiger partial charge in [-0.05, 0) is 73.4 Å². The van der Waals surface area contributed by atoms with Crippen molar-refractivity contribution >= 4 is 39.1 Å². The number of hydrogen-bond acceptors (Lipinski definition) is 4. The number of thiophene rings is 1. The summed E-state index contributed by atoms with van der Waals surface area (Å²) in [6, 6.07) is 7.95. The van der Waals surface area contributed by atoms with E-state index >= 15 is 0 Å². The monoisotopic (exact) mass is 441 g/mol. The van der Waals surface area contributed by atoms with E-state index in [4.69, 9.17) is 0 Å². The minimum absolute atomic E-state index is 0.0343. The van der Waals surface area contributed by atoms with Gasteiger partial charge < -0.3 is 15.5 Å². The summed E-state index contributed by atoms with van der Waals surface area (Å²) in [5.41, 5.74) is 0.696. The molecule has 4 rings (SSSR count). The zero-order valence-corrected chi connectivity index (χ0v) is 18.9. The molecule has 2 saturated heterocycles. The fourth-order valence-corrected chi connectivity index (χ4v) is 5.59. The minimum Gasteiger partial charge on any atom is -0.356 e. The van der Waals surface area contributed by atoms with Crippen molar-refractivity contribution < 1.29 is 14.4 Å². The topological polar surface area (TPSA) is 78.5 Å². The summed E-state index contributed by atoms with van der Waals surface area (Å²) >= 11 is 1.64. The van der Waals surface area contributed by atoms with E-state index in [-0.39, 0.29) is 29.7 Å². The largest absolute Gasteiger partial charge is 0.356 e. The van der Waals surface area contributed by atoms with Crippen molar-refractivity contribution in [1.82, 2.24) is 15.5 Å². The number of likely N-dealkylation sites (tertiary alicyclic amines) is 1. The van der Waals surface area contributed by atoms with Gasteiger partial charge in [-0.2, -0.15) is 0 Å². The second-order valence-electron chi connectivity index (χ2n) is 8.92. The number of benzene rings is 1. The first-order valence-electron chi connectivity index (χ1n) is 11.3. The number of rotatable bonds is 5. The Morgan fingerprint density at radius 3 is 2.84 bits per heavy atom. The number of fused-ring (bicyclic) bond motifs is 1. The lowest BCUT2D eigenvalue weighted by Gasteiger charge is -2.35. The molecule has 0 radical (unpaired) electrons. The molecule has 3 heterocycles. The van der Waals surface area contributed by atoms with Crippen LogP contribution in [0.1, 0.15) is 55.8 Å². The molecule has 7 heteroatoms. The molecule has 2 aliphatic heterocycles. The number of piperidine rings is 1. The highest BCUT2D eigenvalue weighted by Gasteiger charge is 2.29. The Morgan fingerprint density at radius 1 is 1.23 bits per heavy atom. The number of nitrogens with one attached hydrogen (secondary N) is 2. The molecule has 1 aromatic heterocycles. The van der Waals surface area contributed by atoms with Gasteiger partial charge in [0, 0.05) is 48.8 Å². The van der Waals surface area contributed by atoms with E-state index in [1.54, 1.807) is 11.3 Å². The summed E-state index contributed by atoms with van der Waals surface area (Å²) in [6.07, 6.45) is 4.59. The van der Waals surface area contributed by atoms with E-state index in [1.165, 1.54) is 0 Å². The molecule has 2 aromatic rings. The van der Waals surface area contributed by atoms with E-state index < -0.39 is 0 Å². The molecule has 1 aromatic carbocycles. The number of carbonyl (C=O) groups is 3. The highest BCUT2D eigenvalue weighted by Crippen LogP contribution is 2.25. The average Bonchev–Trinajstić information content (AvgIpc) is 3.15.